The van der Waals surface area contributed by atoms with Gasteiger partial charge in [-0.1, -0.05) is 124 Å². The third-order valence-electron chi connectivity index (χ3n) is 3.94. The van der Waals surface area contributed by atoms with Crippen molar-refractivity contribution in [1.82, 2.24) is 0 Å². The number of rotatable bonds is 2. The molecule has 3 rings (SSSR count). The fourth-order valence-corrected chi connectivity index (χ4v) is 4.36. The van der Waals surface area contributed by atoms with Gasteiger partial charge in [0.05, 0.1) is 0 Å². The molecule has 0 radical (unpaired) electrons. The molecule has 1 aliphatic carbocycles. The molecule has 2 aromatic rings. The van der Waals surface area contributed by atoms with Crippen LogP contribution >= 0.6 is 81.2 Å². The van der Waals surface area contributed by atoms with Crippen molar-refractivity contribution in [1.29, 1.82) is 0 Å². The second kappa shape index (κ2) is 6.02. The first-order valence-electron chi connectivity index (χ1n) is 6.60. The van der Waals surface area contributed by atoms with Gasteiger partial charge >= 0.3 is 0 Å². The van der Waals surface area contributed by atoms with E-state index in [4.69, 9.17) is 81.2 Å². The topological polar surface area (TPSA) is 0 Å². The van der Waals surface area contributed by atoms with Crippen LogP contribution in [0.5, 0.6) is 0 Å². The second-order valence-corrected chi connectivity index (χ2v) is 10.2. The molecule has 0 N–H and O–H groups in total. The van der Waals surface area contributed by atoms with Gasteiger partial charge in [-0.15, -0.1) is 0 Å². The lowest BCUT2D eigenvalue weighted by atomic mass is 9.97. The third-order valence-corrected chi connectivity index (χ3v) is 7.87. The van der Waals surface area contributed by atoms with E-state index in [1.807, 2.05) is 36.4 Å². The molecule has 0 nitrogen and oxygen atoms in total. The van der Waals surface area contributed by atoms with Gasteiger partial charge in [-0.2, -0.15) is 0 Å². The molecule has 122 valence electrons. The van der Waals surface area contributed by atoms with E-state index in [1.54, 1.807) is 6.07 Å². The van der Waals surface area contributed by atoms with E-state index in [-0.39, 0.29) is 0 Å². The minimum absolute atomic E-state index is 0.533. The van der Waals surface area contributed by atoms with E-state index >= 15 is 0 Å². The number of hydrogen-bond acceptors (Lipinski definition) is 0. The van der Waals surface area contributed by atoms with Crippen LogP contribution in [0.1, 0.15) is 16.7 Å². The Morgan fingerprint density at radius 3 is 1.96 bits per heavy atom. The first kappa shape index (κ1) is 18.3. The Kier molecular flexibility index (Phi) is 4.78. The van der Waals surface area contributed by atoms with Crippen molar-refractivity contribution in [2.75, 3.05) is 0 Å². The summed E-state index contributed by atoms with van der Waals surface area (Å²) in [6.07, 6.45) is 0.659. The summed E-state index contributed by atoms with van der Waals surface area (Å²) in [7, 11) is 0. The molecular weight excluding hydrogens is 440 g/mol. The highest BCUT2D eigenvalue weighted by Crippen LogP contribution is 2.61. The number of benzene rings is 2. The number of alkyl halides is 7. The molecule has 0 atom stereocenters. The van der Waals surface area contributed by atoms with Gasteiger partial charge in [0, 0.05) is 0 Å². The maximum atomic E-state index is 6.51. The highest BCUT2D eigenvalue weighted by atomic mass is 35.6. The second-order valence-electron chi connectivity index (χ2n) is 5.31. The Hall–Kier alpha value is 0.470. The molecule has 7 heteroatoms. The molecule has 0 fully saturated rings. The summed E-state index contributed by atoms with van der Waals surface area (Å²) in [5, 5.41) is 0. The Bertz CT molecular complexity index is 759. The van der Waals surface area contributed by atoms with Gasteiger partial charge in [-0.05, 0) is 34.2 Å². The van der Waals surface area contributed by atoms with Gasteiger partial charge in [0.1, 0.15) is 0 Å². The van der Waals surface area contributed by atoms with Crippen LogP contribution in [-0.4, -0.2) is 8.13 Å². The minimum atomic E-state index is -2.08. The van der Waals surface area contributed by atoms with Crippen LogP contribution in [0, 0.1) is 0 Å². The molecule has 23 heavy (non-hydrogen) atoms. The van der Waals surface area contributed by atoms with Crippen molar-refractivity contribution in [2.24, 2.45) is 0 Å². The number of halogens is 7. The summed E-state index contributed by atoms with van der Waals surface area (Å²) in [5.74, 6) is 0. The molecule has 2 aromatic carbocycles. The van der Waals surface area contributed by atoms with Crippen molar-refractivity contribution in [3.05, 3.63) is 59.2 Å². The average molecular weight is 449 g/mol. The zero-order valence-corrected chi connectivity index (χ0v) is 16.7. The largest absolute Gasteiger partial charge is 0.226 e. The van der Waals surface area contributed by atoms with E-state index in [9.17, 15) is 0 Å². The first-order chi connectivity index (χ1) is 10.6. The van der Waals surface area contributed by atoms with Gasteiger partial charge in [0.2, 0.25) is 8.13 Å². The van der Waals surface area contributed by atoms with Crippen LogP contribution in [0.2, 0.25) is 0 Å². The summed E-state index contributed by atoms with van der Waals surface area (Å²) in [6.45, 7) is 0. The van der Waals surface area contributed by atoms with Crippen LogP contribution in [-0.2, 0) is 10.8 Å². The molecule has 0 saturated carbocycles. The van der Waals surface area contributed by atoms with Crippen LogP contribution in [0.3, 0.4) is 0 Å². The fourth-order valence-electron chi connectivity index (χ4n) is 2.80. The molecule has 0 amide bonds. The van der Waals surface area contributed by atoms with Gasteiger partial charge in [-0.3, -0.25) is 0 Å². The monoisotopic (exact) mass is 446 g/mol. The van der Waals surface area contributed by atoms with Crippen molar-refractivity contribution < 1.29 is 0 Å². The van der Waals surface area contributed by atoms with E-state index < -0.39 is 12.5 Å². The van der Waals surface area contributed by atoms with E-state index in [0.717, 1.165) is 16.7 Å². The van der Waals surface area contributed by atoms with Crippen molar-refractivity contribution >= 4 is 81.2 Å². The minimum Gasteiger partial charge on any atom is -0.0930 e. The normalized spacial score (nSPS) is 14.6. The lowest BCUT2D eigenvalue weighted by Crippen LogP contribution is -2.45. The van der Waals surface area contributed by atoms with Crippen molar-refractivity contribution in [3.8, 4) is 11.1 Å². The molecule has 0 heterocycles. The maximum Gasteiger partial charge on any atom is 0.226 e. The van der Waals surface area contributed by atoms with Crippen LogP contribution in [0.25, 0.3) is 11.1 Å². The lowest BCUT2D eigenvalue weighted by molar-refractivity contribution is 0.694. The Balaban J connectivity index is 2.17. The summed E-state index contributed by atoms with van der Waals surface area (Å²) < 4.78 is -5.93. The summed E-state index contributed by atoms with van der Waals surface area (Å²) in [6, 6.07) is 13.6. The van der Waals surface area contributed by atoms with E-state index in [0.29, 0.717) is 12.0 Å². The highest BCUT2D eigenvalue weighted by Gasteiger charge is 2.61. The third kappa shape index (κ3) is 2.85. The van der Waals surface area contributed by atoms with Crippen LogP contribution in [0.15, 0.2) is 42.5 Å². The van der Waals surface area contributed by atoms with Gasteiger partial charge in [0.15, 0.2) is 4.33 Å². The number of fused-ring (bicyclic) bond motifs is 3. The molecular formula is C16H9Cl7. The summed E-state index contributed by atoms with van der Waals surface area (Å²) in [4.78, 5) is 0. The standard InChI is InChI=1S/C16H9Cl7/c17-14(18,15(19,20)16(21,22)23)13-7-3-6-11-10-5-2-1-4-9(10)8-12(11)13/h1-7H,8H2. The molecule has 0 spiro atoms. The average Bonchev–Trinajstić information content (AvgIpc) is 2.84. The first-order valence-corrected chi connectivity index (χ1v) is 9.25. The Morgan fingerprint density at radius 2 is 1.30 bits per heavy atom. The fraction of sp³-hybridized carbons (Fsp3) is 0.250. The number of hydrogen-bond donors (Lipinski definition) is 0. The maximum absolute atomic E-state index is 6.51. The Labute approximate surface area is 169 Å². The molecule has 1 aliphatic rings. The SMILES string of the molecule is ClC(Cl)(Cl)C(Cl)(Cl)C(Cl)(Cl)c1cccc2c1Cc1ccccc1-2. The highest BCUT2D eigenvalue weighted by molar-refractivity contribution is 6.78. The Morgan fingerprint density at radius 1 is 0.696 bits per heavy atom. The van der Waals surface area contributed by atoms with Crippen molar-refractivity contribution in [2.45, 2.75) is 18.9 Å². The van der Waals surface area contributed by atoms with E-state index in [2.05, 4.69) is 0 Å². The smallest absolute Gasteiger partial charge is 0.0930 e. The molecule has 0 unspecified atom stereocenters. The molecule has 0 saturated heterocycles. The molecule has 0 bridgehead atoms. The van der Waals surface area contributed by atoms with Crippen LogP contribution in [0.4, 0.5) is 0 Å². The van der Waals surface area contributed by atoms with Gasteiger partial charge in [0.25, 0.3) is 0 Å². The van der Waals surface area contributed by atoms with Crippen molar-refractivity contribution in [3.63, 3.8) is 0 Å². The quantitative estimate of drug-likeness (QED) is 0.357. The zero-order valence-electron chi connectivity index (χ0n) is 11.4. The predicted octanol–water partition coefficient (Wildman–Crippen LogP) is 7.43. The van der Waals surface area contributed by atoms with E-state index in [1.165, 1.54) is 5.56 Å². The summed E-state index contributed by atoms with van der Waals surface area (Å²) in [5.41, 5.74) is 4.78. The molecule has 0 aromatic heterocycles. The molecule has 0 aliphatic heterocycles. The lowest BCUT2D eigenvalue weighted by Gasteiger charge is -2.38. The zero-order chi connectivity index (χ0) is 17.0. The predicted molar refractivity (Wildman–Crippen MR) is 103 cm³/mol. The summed E-state index contributed by atoms with van der Waals surface area (Å²) >= 11 is 43.2. The van der Waals surface area contributed by atoms with Gasteiger partial charge < -0.3 is 0 Å². The van der Waals surface area contributed by atoms with Crippen LogP contribution < -0.4 is 0 Å². The van der Waals surface area contributed by atoms with Gasteiger partial charge in [-0.25, -0.2) is 0 Å².